The molecule has 5 rings (SSSR count). The highest BCUT2D eigenvalue weighted by molar-refractivity contribution is 5.73. The van der Waals surface area contributed by atoms with Gasteiger partial charge in [0.1, 0.15) is 18.3 Å². The van der Waals surface area contributed by atoms with Crippen LogP contribution >= 0.6 is 0 Å². The molecule has 4 aliphatic carbocycles. The van der Waals surface area contributed by atoms with Crippen LogP contribution in [0.25, 0.3) is 0 Å². The van der Waals surface area contributed by atoms with E-state index in [2.05, 4.69) is 13.8 Å². The zero-order chi connectivity index (χ0) is 26.0. The fourth-order valence-electron chi connectivity index (χ4n) is 9.49. The van der Waals surface area contributed by atoms with Crippen LogP contribution in [0.15, 0.2) is 0 Å². The number of aliphatic carboxylic acids is 1. The van der Waals surface area contributed by atoms with E-state index in [1.54, 1.807) is 0 Å². The summed E-state index contributed by atoms with van der Waals surface area (Å²) in [6, 6.07) is 0. The van der Waals surface area contributed by atoms with Crippen LogP contribution in [0.2, 0.25) is 0 Å². The first-order chi connectivity index (χ1) is 17.0. The first-order valence-electron chi connectivity index (χ1n) is 13.9. The number of ether oxygens (including phenoxy) is 2. The van der Waals surface area contributed by atoms with Gasteiger partial charge in [0.2, 0.25) is 0 Å². The molecule has 1 aliphatic heterocycles. The van der Waals surface area contributed by atoms with E-state index >= 15 is 0 Å². The van der Waals surface area contributed by atoms with Crippen molar-refractivity contribution in [2.24, 2.45) is 40.4 Å². The van der Waals surface area contributed by atoms with Crippen LogP contribution in [0.3, 0.4) is 0 Å². The standard InChI is InChI=1S/C27H44O9/c1-26-9-7-14(29)11-13(26)3-4-15-16-5-6-18(27(16,2)10-8-17(15)26)19(12-28)35-25-22(32)20(30)21(31)23(36-25)24(33)34/h13-23,25,28-32H,3-12H2,1-2H3,(H,33,34)/t13-,14-,15?,16?,17?,18+,19+,20-,21-,22+,23-,25+,26-,27-/m0/s1. The molecule has 9 nitrogen and oxygen atoms in total. The quantitative estimate of drug-likeness (QED) is 0.319. The third kappa shape index (κ3) is 4.14. The molecule has 9 heteroatoms. The monoisotopic (exact) mass is 512 g/mol. The number of aliphatic hydroxyl groups excluding tert-OH is 5. The number of fused-ring (bicyclic) bond motifs is 5. The van der Waals surface area contributed by atoms with Crippen LogP contribution in [-0.4, -0.2) is 86.1 Å². The number of hydrogen-bond acceptors (Lipinski definition) is 8. The Morgan fingerprint density at radius 3 is 2.31 bits per heavy atom. The topological polar surface area (TPSA) is 157 Å². The van der Waals surface area contributed by atoms with Gasteiger partial charge in [-0.2, -0.15) is 0 Å². The van der Waals surface area contributed by atoms with Gasteiger partial charge in [-0.15, -0.1) is 0 Å². The summed E-state index contributed by atoms with van der Waals surface area (Å²) in [6.07, 6.45) is 0.132. The van der Waals surface area contributed by atoms with E-state index in [1.807, 2.05) is 0 Å². The van der Waals surface area contributed by atoms with E-state index < -0.39 is 42.8 Å². The van der Waals surface area contributed by atoms with E-state index in [9.17, 15) is 35.4 Å². The molecule has 5 fully saturated rings. The third-order valence-electron chi connectivity index (χ3n) is 11.5. The number of carbonyl (C=O) groups is 1. The molecule has 4 saturated carbocycles. The molecule has 0 aromatic carbocycles. The summed E-state index contributed by atoms with van der Waals surface area (Å²) in [5.74, 6) is 0.898. The molecule has 0 aromatic rings. The zero-order valence-electron chi connectivity index (χ0n) is 21.4. The maximum atomic E-state index is 11.5. The first kappa shape index (κ1) is 26.8. The number of carboxylic acids is 1. The second-order valence-electron chi connectivity index (χ2n) is 12.9. The Morgan fingerprint density at radius 1 is 0.917 bits per heavy atom. The summed E-state index contributed by atoms with van der Waals surface area (Å²) in [6.45, 7) is 4.45. The minimum Gasteiger partial charge on any atom is -0.479 e. The summed E-state index contributed by atoms with van der Waals surface area (Å²) < 4.78 is 11.4. The Labute approximate surface area is 212 Å². The fourth-order valence-corrected chi connectivity index (χ4v) is 9.49. The second-order valence-corrected chi connectivity index (χ2v) is 12.9. The van der Waals surface area contributed by atoms with Gasteiger partial charge in [-0.05, 0) is 98.2 Å². The number of rotatable bonds is 5. The molecule has 36 heavy (non-hydrogen) atoms. The summed E-state index contributed by atoms with van der Waals surface area (Å²) in [7, 11) is 0. The average Bonchev–Trinajstić information content (AvgIpc) is 3.19. The summed E-state index contributed by atoms with van der Waals surface area (Å²) in [5, 5.41) is 60.6. The molecular weight excluding hydrogens is 468 g/mol. The maximum absolute atomic E-state index is 11.5. The van der Waals surface area contributed by atoms with Gasteiger partial charge in [-0.1, -0.05) is 13.8 Å². The molecule has 0 radical (unpaired) electrons. The van der Waals surface area contributed by atoms with Crippen molar-refractivity contribution < 1.29 is 44.9 Å². The highest BCUT2D eigenvalue weighted by atomic mass is 16.7. The maximum Gasteiger partial charge on any atom is 0.335 e. The molecule has 3 unspecified atom stereocenters. The molecule has 6 N–H and O–H groups in total. The van der Waals surface area contributed by atoms with Crippen molar-refractivity contribution in [2.45, 2.75) is 115 Å². The van der Waals surface area contributed by atoms with E-state index in [0.29, 0.717) is 23.7 Å². The lowest BCUT2D eigenvalue weighted by Gasteiger charge is -2.61. The largest absolute Gasteiger partial charge is 0.479 e. The molecule has 1 saturated heterocycles. The number of aliphatic hydroxyl groups is 5. The van der Waals surface area contributed by atoms with E-state index in [0.717, 1.165) is 51.4 Å². The van der Waals surface area contributed by atoms with E-state index in [1.165, 1.54) is 6.42 Å². The summed E-state index contributed by atoms with van der Waals surface area (Å²) in [4.78, 5) is 11.5. The highest BCUT2D eigenvalue weighted by Gasteiger charge is 2.61. The Balaban J connectivity index is 1.32. The van der Waals surface area contributed by atoms with Crippen molar-refractivity contribution in [3.63, 3.8) is 0 Å². The van der Waals surface area contributed by atoms with Crippen LogP contribution in [0.1, 0.15) is 71.6 Å². The van der Waals surface area contributed by atoms with Crippen molar-refractivity contribution in [2.75, 3.05) is 6.61 Å². The van der Waals surface area contributed by atoms with Crippen LogP contribution in [0.5, 0.6) is 0 Å². The average molecular weight is 513 g/mol. The lowest BCUT2D eigenvalue weighted by molar-refractivity contribution is -0.313. The van der Waals surface area contributed by atoms with Gasteiger partial charge in [0.15, 0.2) is 12.4 Å². The predicted octanol–water partition coefficient (Wildman–Crippen LogP) is 1.28. The first-order valence-corrected chi connectivity index (χ1v) is 13.9. The van der Waals surface area contributed by atoms with Crippen molar-refractivity contribution in [3.05, 3.63) is 0 Å². The Kier molecular flexibility index (Phi) is 7.24. The third-order valence-corrected chi connectivity index (χ3v) is 11.5. The van der Waals surface area contributed by atoms with Gasteiger partial charge in [0, 0.05) is 0 Å². The van der Waals surface area contributed by atoms with Crippen LogP contribution in [0, 0.1) is 40.4 Å². The molecule has 0 spiro atoms. The molecule has 0 aromatic heterocycles. The van der Waals surface area contributed by atoms with E-state index in [4.69, 9.17) is 9.47 Å². The molecule has 0 bridgehead atoms. The van der Waals surface area contributed by atoms with Crippen LogP contribution in [-0.2, 0) is 14.3 Å². The van der Waals surface area contributed by atoms with Crippen LogP contribution < -0.4 is 0 Å². The molecule has 14 atom stereocenters. The Hall–Kier alpha value is -0.810. The van der Waals surface area contributed by atoms with Gasteiger partial charge < -0.3 is 40.1 Å². The lowest BCUT2D eigenvalue weighted by atomic mass is 9.44. The molecule has 1 heterocycles. The lowest BCUT2D eigenvalue weighted by Crippen LogP contribution is -2.61. The van der Waals surface area contributed by atoms with Crippen molar-refractivity contribution >= 4 is 5.97 Å². The van der Waals surface area contributed by atoms with Crippen LogP contribution in [0.4, 0.5) is 0 Å². The zero-order valence-corrected chi connectivity index (χ0v) is 21.4. The minimum absolute atomic E-state index is 0.00947. The molecule has 0 amide bonds. The van der Waals surface area contributed by atoms with Gasteiger partial charge in [-0.25, -0.2) is 4.79 Å². The normalized spacial score (nSPS) is 53.7. The van der Waals surface area contributed by atoms with Gasteiger partial charge >= 0.3 is 5.97 Å². The minimum atomic E-state index is -1.77. The smallest absolute Gasteiger partial charge is 0.335 e. The van der Waals surface area contributed by atoms with E-state index in [-0.39, 0.29) is 29.5 Å². The number of carboxylic acid groups (broad SMARTS) is 1. The molecule has 5 aliphatic rings. The molecule has 206 valence electrons. The summed E-state index contributed by atoms with van der Waals surface area (Å²) >= 11 is 0. The van der Waals surface area contributed by atoms with Crippen molar-refractivity contribution in [3.8, 4) is 0 Å². The summed E-state index contributed by atoms with van der Waals surface area (Å²) in [5.41, 5.74) is 0.215. The van der Waals surface area contributed by atoms with Gasteiger partial charge in [0.05, 0.1) is 18.8 Å². The SMILES string of the molecule is C[C@]12CCC3C(CC[C@H]4C[C@@H](O)CC[C@]34C)C1CC[C@@H]2[C@@H](CO)O[C@@H]1O[C@H](C(=O)O)[C@@H](O)[C@H](O)[C@H]1O. The molecular formula is C27H44O9. The Morgan fingerprint density at radius 2 is 1.61 bits per heavy atom. The number of hydrogen-bond donors (Lipinski definition) is 6. The predicted molar refractivity (Wildman–Crippen MR) is 127 cm³/mol. The fraction of sp³-hybridized carbons (Fsp3) is 0.963. The van der Waals surface area contributed by atoms with Gasteiger partial charge in [-0.3, -0.25) is 0 Å². The second kappa shape index (κ2) is 9.74. The van der Waals surface area contributed by atoms with Crippen molar-refractivity contribution in [1.29, 1.82) is 0 Å². The van der Waals surface area contributed by atoms with Crippen molar-refractivity contribution in [1.82, 2.24) is 0 Å². The highest BCUT2D eigenvalue weighted by Crippen LogP contribution is 2.68. The Bertz CT molecular complexity index is 823. The van der Waals surface area contributed by atoms with Gasteiger partial charge in [0.25, 0.3) is 0 Å².